The van der Waals surface area contributed by atoms with E-state index in [1.807, 2.05) is 29.8 Å². The summed E-state index contributed by atoms with van der Waals surface area (Å²) in [7, 11) is 0. The highest BCUT2D eigenvalue weighted by Crippen LogP contribution is 2.26. The zero-order valence-electron chi connectivity index (χ0n) is 10.8. The Morgan fingerprint density at radius 2 is 1.95 bits per heavy atom. The molecule has 1 aromatic carbocycles. The molecular weight excluding hydrogens is 338 g/mol. The van der Waals surface area contributed by atoms with Crippen LogP contribution in [0.2, 0.25) is 0 Å². The Kier molecular flexibility index (Phi) is 4.03. The van der Waals surface area contributed by atoms with Crippen molar-refractivity contribution in [3.05, 3.63) is 39.8 Å². The Morgan fingerprint density at radius 1 is 1.20 bits per heavy atom. The second kappa shape index (κ2) is 5.93. The molecule has 0 spiro atoms. The first-order valence-corrected chi connectivity index (χ1v) is 8.09. The van der Waals surface area contributed by atoms with Gasteiger partial charge in [-0.1, -0.05) is 15.9 Å². The van der Waals surface area contributed by atoms with Crippen molar-refractivity contribution in [3.8, 4) is 0 Å². The molecule has 1 aliphatic heterocycles. The number of piperazine rings is 1. The lowest BCUT2D eigenvalue weighted by Gasteiger charge is -2.36. The number of nitrogens with zero attached hydrogens (tertiary/aromatic N) is 3. The summed E-state index contributed by atoms with van der Waals surface area (Å²) in [6, 6.07) is 5.86. The number of carbonyl (C=O) groups excluding carboxylic acids is 1. The van der Waals surface area contributed by atoms with Crippen LogP contribution in [-0.4, -0.2) is 37.4 Å². The van der Waals surface area contributed by atoms with Gasteiger partial charge in [-0.05, 0) is 18.2 Å². The number of aldehydes is 1. The summed E-state index contributed by atoms with van der Waals surface area (Å²) in [6.45, 7) is 3.67. The molecule has 0 unspecified atom stereocenters. The Hall–Kier alpha value is -1.40. The van der Waals surface area contributed by atoms with Gasteiger partial charge in [-0.15, -0.1) is 11.3 Å². The molecule has 1 fully saturated rings. The first-order chi connectivity index (χ1) is 9.78. The summed E-state index contributed by atoms with van der Waals surface area (Å²) in [4.78, 5) is 20.1. The van der Waals surface area contributed by atoms with Crippen LogP contribution in [-0.2, 0) is 0 Å². The molecule has 0 aliphatic carbocycles. The summed E-state index contributed by atoms with van der Waals surface area (Å²) in [5.41, 5.74) is 1.75. The van der Waals surface area contributed by atoms with Crippen molar-refractivity contribution >= 4 is 44.4 Å². The van der Waals surface area contributed by atoms with E-state index in [2.05, 4.69) is 30.7 Å². The van der Waals surface area contributed by atoms with Crippen molar-refractivity contribution in [1.82, 2.24) is 4.98 Å². The van der Waals surface area contributed by atoms with E-state index in [1.165, 1.54) is 0 Å². The van der Waals surface area contributed by atoms with E-state index < -0.39 is 0 Å². The minimum atomic E-state index is 0.738. The average molecular weight is 352 g/mol. The summed E-state index contributed by atoms with van der Waals surface area (Å²) < 4.78 is 0.935. The second-order valence-corrected chi connectivity index (χ2v) is 6.40. The molecule has 0 amide bonds. The third-order valence-electron chi connectivity index (χ3n) is 3.43. The molecule has 0 N–H and O–H groups in total. The van der Waals surface area contributed by atoms with Crippen LogP contribution in [0.5, 0.6) is 0 Å². The zero-order chi connectivity index (χ0) is 13.9. The number of carbonyl (C=O) groups is 1. The van der Waals surface area contributed by atoms with Gasteiger partial charge in [0.1, 0.15) is 0 Å². The van der Waals surface area contributed by atoms with Crippen molar-refractivity contribution in [3.63, 3.8) is 0 Å². The molecule has 1 aliphatic rings. The van der Waals surface area contributed by atoms with Crippen LogP contribution in [0.3, 0.4) is 0 Å². The third-order valence-corrected chi connectivity index (χ3v) is 4.75. The number of hydrogen-bond donors (Lipinski definition) is 0. The van der Waals surface area contributed by atoms with Gasteiger partial charge in [0.2, 0.25) is 0 Å². The van der Waals surface area contributed by atoms with Gasteiger partial charge in [0, 0.05) is 53.5 Å². The smallest absolute Gasteiger partial charge is 0.185 e. The molecule has 0 atom stereocenters. The number of rotatable bonds is 3. The van der Waals surface area contributed by atoms with Gasteiger partial charge in [-0.3, -0.25) is 4.79 Å². The fourth-order valence-electron chi connectivity index (χ4n) is 2.42. The minimum absolute atomic E-state index is 0.738. The highest BCUT2D eigenvalue weighted by molar-refractivity contribution is 9.10. The van der Waals surface area contributed by atoms with Crippen LogP contribution < -0.4 is 9.80 Å². The van der Waals surface area contributed by atoms with E-state index in [9.17, 15) is 4.79 Å². The molecule has 104 valence electrons. The third kappa shape index (κ3) is 2.71. The van der Waals surface area contributed by atoms with Gasteiger partial charge in [-0.25, -0.2) is 4.98 Å². The van der Waals surface area contributed by atoms with Gasteiger partial charge in [0.05, 0.1) is 0 Å². The fraction of sp³-hybridized carbons (Fsp3) is 0.286. The molecule has 2 heterocycles. The lowest BCUT2D eigenvalue weighted by atomic mass is 10.1. The first kappa shape index (κ1) is 13.6. The van der Waals surface area contributed by atoms with Crippen LogP contribution >= 0.6 is 27.3 Å². The Morgan fingerprint density at radius 3 is 2.60 bits per heavy atom. The van der Waals surface area contributed by atoms with E-state index in [4.69, 9.17) is 0 Å². The predicted molar refractivity (Wildman–Crippen MR) is 86.1 cm³/mol. The van der Waals surface area contributed by atoms with Crippen LogP contribution in [0, 0.1) is 0 Å². The summed E-state index contributed by atoms with van der Waals surface area (Å²) in [6.07, 6.45) is 2.76. The van der Waals surface area contributed by atoms with Crippen LogP contribution in [0.25, 0.3) is 0 Å². The monoisotopic (exact) mass is 351 g/mol. The van der Waals surface area contributed by atoms with Gasteiger partial charge < -0.3 is 9.80 Å². The van der Waals surface area contributed by atoms with Crippen molar-refractivity contribution < 1.29 is 4.79 Å². The van der Waals surface area contributed by atoms with Crippen molar-refractivity contribution in [2.24, 2.45) is 0 Å². The molecule has 1 saturated heterocycles. The second-order valence-electron chi connectivity index (χ2n) is 4.61. The molecule has 2 aromatic rings. The van der Waals surface area contributed by atoms with E-state index in [1.54, 1.807) is 11.3 Å². The molecular formula is C14H14BrN3OS. The molecule has 1 aromatic heterocycles. The van der Waals surface area contributed by atoms with Crippen LogP contribution in [0.1, 0.15) is 10.4 Å². The van der Waals surface area contributed by atoms with Crippen LogP contribution in [0.15, 0.2) is 34.2 Å². The summed E-state index contributed by atoms with van der Waals surface area (Å²) in [5, 5.41) is 3.08. The standard InChI is InChI=1S/C14H14BrN3OS/c15-12-1-2-13(11(9-12)10-19)17-4-6-18(7-5-17)14-16-3-8-20-14/h1-3,8-10H,4-7H2. The van der Waals surface area contributed by atoms with Crippen molar-refractivity contribution in [2.75, 3.05) is 36.0 Å². The van der Waals surface area contributed by atoms with Crippen molar-refractivity contribution in [2.45, 2.75) is 0 Å². The van der Waals surface area contributed by atoms with Gasteiger partial charge >= 0.3 is 0 Å². The van der Waals surface area contributed by atoms with Crippen LogP contribution in [0.4, 0.5) is 10.8 Å². The maximum atomic E-state index is 11.2. The minimum Gasteiger partial charge on any atom is -0.367 e. The Bertz CT molecular complexity index is 594. The summed E-state index contributed by atoms with van der Waals surface area (Å²) in [5.74, 6) is 0. The number of benzene rings is 1. The SMILES string of the molecule is O=Cc1cc(Br)ccc1N1CCN(c2nccs2)CC1. The van der Waals surface area contributed by atoms with Gasteiger partial charge in [0.25, 0.3) is 0 Å². The highest BCUT2D eigenvalue weighted by Gasteiger charge is 2.20. The molecule has 6 heteroatoms. The van der Waals surface area contributed by atoms with Crippen molar-refractivity contribution in [1.29, 1.82) is 0 Å². The van der Waals surface area contributed by atoms with Gasteiger partial charge in [0.15, 0.2) is 11.4 Å². The lowest BCUT2D eigenvalue weighted by Crippen LogP contribution is -2.46. The molecule has 20 heavy (non-hydrogen) atoms. The van der Waals surface area contributed by atoms with E-state index >= 15 is 0 Å². The molecule has 0 bridgehead atoms. The number of anilines is 2. The largest absolute Gasteiger partial charge is 0.367 e. The average Bonchev–Trinajstić information content (AvgIpc) is 3.01. The van der Waals surface area contributed by atoms with E-state index in [-0.39, 0.29) is 0 Å². The molecule has 3 rings (SSSR count). The fourth-order valence-corrected chi connectivity index (χ4v) is 3.49. The lowest BCUT2D eigenvalue weighted by molar-refractivity contribution is 0.112. The maximum absolute atomic E-state index is 11.2. The summed E-state index contributed by atoms with van der Waals surface area (Å²) >= 11 is 5.07. The molecule has 0 radical (unpaired) electrons. The zero-order valence-corrected chi connectivity index (χ0v) is 13.2. The number of aromatic nitrogens is 1. The number of hydrogen-bond acceptors (Lipinski definition) is 5. The Balaban J connectivity index is 1.73. The van der Waals surface area contributed by atoms with E-state index in [0.717, 1.165) is 53.3 Å². The topological polar surface area (TPSA) is 36.4 Å². The number of halogens is 1. The highest BCUT2D eigenvalue weighted by atomic mass is 79.9. The maximum Gasteiger partial charge on any atom is 0.185 e. The first-order valence-electron chi connectivity index (χ1n) is 6.42. The number of thiazole rings is 1. The quantitative estimate of drug-likeness (QED) is 0.796. The van der Waals surface area contributed by atoms with Gasteiger partial charge in [-0.2, -0.15) is 0 Å². The molecule has 0 saturated carbocycles. The Labute approximate surface area is 130 Å². The predicted octanol–water partition coefficient (Wildman–Crippen LogP) is 3.04. The normalized spacial score (nSPS) is 15.4. The van der Waals surface area contributed by atoms with E-state index in [0.29, 0.717) is 0 Å². The molecule has 4 nitrogen and oxygen atoms in total.